The monoisotopic (exact) mass is 684 g/mol. The zero-order valence-electron chi connectivity index (χ0n) is 27.8. The van der Waals surface area contributed by atoms with Crippen molar-refractivity contribution in [1.82, 2.24) is 19.9 Å². The van der Waals surface area contributed by atoms with Crippen molar-refractivity contribution in [2.24, 2.45) is 0 Å². The molecule has 0 unspecified atom stereocenters. The molecule has 0 saturated carbocycles. The van der Waals surface area contributed by atoms with Crippen LogP contribution in [0.15, 0.2) is 174 Å². The van der Waals surface area contributed by atoms with Gasteiger partial charge in [0.05, 0.1) is 5.56 Å². The number of fused-ring (bicyclic) bond motifs is 4. The van der Waals surface area contributed by atoms with Gasteiger partial charge < -0.3 is 4.42 Å². The van der Waals surface area contributed by atoms with E-state index in [0.29, 0.717) is 23.4 Å². The molecule has 7 aromatic carbocycles. The molecule has 3 heterocycles. The predicted molar refractivity (Wildman–Crippen MR) is 213 cm³/mol. The molecule has 10 rings (SSSR count). The fraction of sp³-hybridized carbons (Fsp3) is 0. The first-order valence-electron chi connectivity index (χ1n) is 17.1. The van der Waals surface area contributed by atoms with Gasteiger partial charge in [-0.3, -0.25) is 0 Å². The molecule has 10 aromatic rings. The second kappa shape index (κ2) is 12.5. The lowest BCUT2D eigenvalue weighted by molar-refractivity contribution is 0.621. The number of para-hydroxylation sites is 2. The summed E-state index contributed by atoms with van der Waals surface area (Å²) in [6.07, 6.45) is 0. The maximum absolute atomic E-state index is 6.24. The molecule has 3 aromatic heterocycles. The molecule has 0 bridgehead atoms. The van der Waals surface area contributed by atoms with Gasteiger partial charge in [0.25, 0.3) is 0 Å². The second-order valence-electron chi connectivity index (χ2n) is 12.6. The first kappa shape index (κ1) is 30.1. The smallest absolute Gasteiger partial charge is 0.228 e. The molecule has 0 aliphatic heterocycles. The molecule has 0 fully saturated rings. The Bertz CT molecular complexity index is 2860. The van der Waals surface area contributed by atoms with E-state index in [-0.39, 0.29) is 0 Å². The number of thiophene rings is 1. The highest BCUT2D eigenvalue weighted by atomic mass is 32.1. The van der Waals surface area contributed by atoms with Crippen LogP contribution in [0.25, 0.3) is 99.1 Å². The van der Waals surface area contributed by atoms with E-state index in [1.165, 1.54) is 0 Å². The van der Waals surface area contributed by atoms with Crippen LogP contribution in [-0.2, 0) is 0 Å². The highest BCUT2D eigenvalue weighted by Gasteiger charge is 2.20. The molecule has 0 aliphatic rings. The molecular formula is C46H28N4OS. The van der Waals surface area contributed by atoms with Gasteiger partial charge in [-0.2, -0.15) is 0 Å². The summed E-state index contributed by atoms with van der Waals surface area (Å²) in [5.41, 5.74) is 9.92. The Hall–Kier alpha value is -6.76. The molecule has 0 aliphatic carbocycles. The molecule has 0 saturated heterocycles. The molecule has 0 spiro atoms. The molecule has 0 N–H and O–H groups in total. The fourth-order valence-electron chi connectivity index (χ4n) is 6.86. The summed E-state index contributed by atoms with van der Waals surface area (Å²) in [5, 5.41) is 2.21. The van der Waals surface area contributed by atoms with Gasteiger partial charge in [-0.1, -0.05) is 140 Å². The third-order valence-electron chi connectivity index (χ3n) is 9.40. The number of nitrogens with zero attached hydrogens (tertiary/aromatic N) is 4. The van der Waals surface area contributed by atoms with Gasteiger partial charge in [-0.05, 0) is 52.6 Å². The highest BCUT2D eigenvalue weighted by Crippen LogP contribution is 2.44. The lowest BCUT2D eigenvalue weighted by Gasteiger charge is -2.11. The van der Waals surface area contributed by atoms with E-state index in [4.69, 9.17) is 24.4 Å². The molecular weight excluding hydrogens is 657 g/mol. The molecule has 5 nitrogen and oxygen atoms in total. The Labute approximate surface area is 303 Å². The molecule has 52 heavy (non-hydrogen) atoms. The minimum atomic E-state index is 0.613. The topological polar surface area (TPSA) is 64.7 Å². The quantitative estimate of drug-likeness (QED) is 0.174. The summed E-state index contributed by atoms with van der Waals surface area (Å²) in [5.74, 6) is 2.47. The number of rotatable bonds is 6. The number of benzene rings is 7. The standard InChI is InChI=1S/C46H28N4OS/c1-3-12-29(13-4-1)31-24-26-32(27-25-31)43-48-44(34-17-9-16-33(28-34)30-14-5-2-6-15-30)50-45(49-43)36-19-11-23-40-41(36)35-18-10-20-37(42(35)52-40)46-47-38-21-7-8-22-39(38)51-46/h1-28H. The summed E-state index contributed by atoms with van der Waals surface area (Å²) in [6, 6.07) is 58.2. The predicted octanol–water partition coefficient (Wildman–Crippen LogP) is 12.4. The van der Waals surface area contributed by atoms with Gasteiger partial charge in [0.15, 0.2) is 23.1 Å². The zero-order chi connectivity index (χ0) is 34.4. The summed E-state index contributed by atoms with van der Waals surface area (Å²) >= 11 is 1.73. The average molecular weight is 685 g/mol. The molecule has 0 radical (unpaired) electrons. The summed E-state index contributed by atoms with van der Waals surface area (Å²) in [4.78, 5) is 20.3. The maximum Gasteiger partial charge on any atom is 0.228 e. The van der Waals surface area contributed by atoms with E-state index in [9.17, 15) is 0 Å². The van der Waals surface area contributed by atoms with Crippen LogP contribution in [-0.4, -0.2) is 19.9 Å². The number of oxazole rings is 1. The van der Waals surface area contributed by atoms with Crippen LogP contribution in [0.1, 0.15) is 0 Å². The maximum atomic E-state index is 6.24. The third-order valence-corrected chi connectivity index (χ3v) is 10.6. The third kappa shape index (κ3) is 5.34. The lowest BCUT2D eigenvalue weighted by Crippen LogP contribution is -2.00. The lowest BCUT2D eigenvalue weighted by atomic mass is 10.0. The van der Waals surface area contributed by atoms with Gasteiger partial charge in [0.1, 0.15) is 5.52 Å². The van der Waals surface area contributed by atoms with Gasteiger partial charge in [0.2, 0.25) is 5.89 Å². The Balaban J connectivity index is 1.16. The number of hydrogen-bond acceptors (Lipinski definition) is 6. The largest absolute Gasteiger partial charge is 0.436 e. The van der Waals surface area contributed by atoms with Crippen LogP contribution >= 0.6 is 11.3 Å². The van der Waals surface area contributed by atoms with Crippen LogP contribution in [0.3, 0.4) is 0 Å². The first-order chi connectivity index (χ1) is 25.7. The van der Waals surface area contributed by atoms with Gasteiger partial charge in [-0.15, -0.1) is 11.3 Å². The van der Waals surface area contributed by atoms with Crippen LogP contribution in [0.5, 0.6) is 0 Å². The van der Waals surface area contributed by atoms with Crippen molar-refractivity contribution in [2.75, 3.05) is 0 Å². The minimum Gasteiger partial charge on any atom is -0.436 e. The van der Waals surface area contributed by atoms with Crippen molar-refractivity contribution < 1.29 is 4.42 Å². The summed E-state index contributed by atoms with van der Waals surface area (Å²) < 4.78 is 8.49. The Morgan fingerprint density at radius 1 is 0.404 bits per heavy atom. The van der Waals surface area contributed by atoms with E-state index in [2.05, 4.69) is 133 Å². The van der Waals surface area contributed by atoms with E-state index in [1.54, 1.807) is 11.3 Å². The van der Waals surface area contributed by atoms with Crippen LogP contribution < -0.4 is 0 Å². The van der Waals surface area contributed by atoms with E-state index in [1.807, 2.05) is 36.4 Å². The normalized spacial score (nSPS) is 11.5. The Morgan fingerprint density at radius 3 is 1.77 bits per heavy atom. The Kier molecular flexibility index (Phi) is 7.25. The molecule has 6 heteroatoms. The fourth-order valence-corrected chi connectivity index (χ4v) is 8.09. The molecule has 244 valence electrons. The minimum absolute atomic E-state index is 0.613. The molecule has 0 atom stereocenters. The van der Waals surface area contributed by atoms with Crippen molar-refractivity contribution in [1.29, 1.82) is 0 Å². The number of aromatic nitrogens is 4. The van der Waals surface area contributed by atoms with Crippen molar-refractivity contribution in [2.45, 2.75) is 0 Å². The summed E-state index contributed by atoms with van der Waals surface area (Å²) in [6.45, 7) is 0. The van der Waals surface area contributed by atoms with Crippen molar-refractivity contribution in [3.8, 4) is 67.9 Å². The summed E-state index contributed by atoms with van der Waals surface area (Å²) in [7, 11) is 0. The average Bonchev–Trinajstić information content (AvgIpc) is 3.84. The van der Waals surface area contributed by atoms with Gasteiger partial charge in [0, 0.05) is 36.9 Å². The van der Waals surface area contributed by atoms with Crippen LogP contribution in [0, 0.1) is 0 Å². The second-order valence-corrected chi connectivity index (χ2v) is 13.7. The van der Waals surface area contributed by atoms with E-state index >= 15 is 0 Å². The van der Waals surface area contributed by atoms with Gasteiger partial charge >= 0.3 is 0 Å². The van der Waals surface area contributed by atoms with Crippen LogP contribution in [0.4, 0.5) is 0 Å². The zero-order valence-corrected chi connectivity index (χ0v) is 28.6. The van der Waals surface area contributed by atoms with E-state index in [0.717, 1.165) is 75.8 Å². The van der Waals surface area contributed by atoms with Crippen LogP contribution in [0.2, 0.25) is 0 Å². The van der Waals surface area contributed by atoms with Crippen molar-refractivity contribution in [3.63, 3.8) is 0 Å². The van der Waals surface area contributed by atoms with E-state index < -0.39 is 0 Å². The number of hydrogen-bond donors (Lipinski definition) is 0. The van der Waals surface area contributed by atoms with Crippen molar-refractivity contribution >= 4 is 42.6 Å². The SMILES string of the molecule is c1ccc(-c2ccc(-c3nc(-c4cccc(-c5ccccc5)c4)nc(-c4cccc5sc6c(-c7nc8ccccc8o7)cccc6c45)n3)cc2)cc1. The Morgan fingerprint density at radius 2 is 0.981 bits per heavy atom. The van der Waals surface area contributed by atoms with Crippen molar-refractivity contribution in [3.05, 3.63) is 170 Å². The van der Waals surface area contributed by atoms with Gasteiger partial charge in [-0.25, -0.2) is 19.9 Å². The first-order valence-corrected chi connectivity index (χ1v) is 18.0. The molecule has 0 amide bonds. The highest BCUT2D eigenvalue weighted by molar-refractivity contribution is 7.26.